The second kappa shape index (κ2) is 14.1. The summed E-state index contributed by atoms with van der Waals surface area (Å²) < 4.78 is 34.1. The number of fused-ring (bicyclic) bond motifs is 1. The van der Waals surface area contributed by atoms with E-state index in [0.29, 0.717) is 16.9 Å². The number of ether oxygens (including phenoxy) is 3. The number of para-hydroxylation sites is 1. The van der Waals surface area contributed by atoms with E-state index in [1.165, 1.54) is 24.0 Å². The van der Waals surface area contributed by atoms with Gasteiger partial charge in [0.25, 0.3) is 0 Å². The van der Waals surface area contributed by atoms with Gasteiger partial charge in [-0.2, -0.15) is 0 Å². The van der Waals surface area contributed by atoms with Crippen LogP contribution in [-0.4, -0.2) is 23.3 Å². The molecule has 0 saturated heterocycles. The molecule has 3 aromatic carbocycles. The first-order valence-electron chi connectivity index (χ1n) is 17.1. The Morgan fingerprint density at radius 1 is 0.915 bits per heavy atom. The van der Waals surface area contributed by atoms with Gasteiger partial charge in [0.05, 0.1) is 12.5 Å². The molecule has 7 heteroatoms. The van der Waals surface area contributed by atoms with Gasteiger partial charge in [-0.15, -0.1) is 0 Å². The van der Waals surface area contributed by atoms with Crippen molar-refractivity contribution in [1.29, 1.82) is 0 Å². The molecule has 0 aromatic heterocycles. The van der Waals surface area contributed by atoms with Crippen LogP contribution in [0.4, 0.5) is 9.18 Å². The fourth-order valence-corrected chi connectivity index (χ4v) is 6.36. The van der Waals surface area contributed by atoms with Crippen LogP contribution in [0.3, 0.4) is 0 Å². The number of hydrogen-bond acceptors (Lipinski definition) is 5. The maximum atomic E-state index is 16.4. The fraction of sp³-hybridized carbons (Fsp3) is 0.500. The van der Waals surface area contributed by atoms with Crippen molar-refractivity contribution >= 4 is 12.1 Å². The Balaban J connectivity index is 1.48. The summed E-state index contributed by atoms with van der Waals surface area (Å²) in [6.07, 6.45) is 6.68. The van der Waals surface area contributed by atoms with Gasteiger partial charge in [-0.25, -0.2) is 9.18 Å². The summed E-state index contributed by atoms with van der Waals surface area (Å²) in [6.45, 7) is 12.7. The van der Waals surface area contributed by atoms with Crippen LogP contribution < -0.4 is 10.1 Å². The van der Waals surface area contributed by atoms with Gasteiger partial charge < -0.3 is 19.5 Å². The van der Waals surface area contributed by atoms with Crippen LogP contribution in [0.5, 0.6) is 5.75 Å². The first kappa shape index (κ1) is 34.5. The first-order chi connectivity index (χ1) is 22.2. The van der Waals surface area contributed by atoms with Crippen LogP contribution in [0.25, 0.3) is 11.1 Å². The van der Waals surface area contributed by atoms with Gasteiger partial charge in [-0.05, 0) is 121 Å². The summed E-state index contributed by atoms with van der Waals surface area (Å²) in [5, 5.41) is 2.78. The van der Waals surface area contributed by atoms with Gasteiger partial charge in [0.15, 0.2) is 0 Å². The number of amides is 1. The number of aryl methyl sites for hydroxylation is 1. The summed E-state index contributed by atoms with van der Waals surface area (Å²) in [5.74, 6) is 0.772. The van der Waals surface area contributed by atoms with Crippen LogP contribution in [0.1, 0.15) is 121 Å². The van der Waals surface area contributed by atoms with E-state index >= 15 is 4.39 Å². The molecule has 0 spiro atoms. The summed E-state index contributed by atoms with van der Waals surface area (Å²) in [5.41, 5.74) is 4.88. The molecule has 0 aliphatic heterocycles. The third-order valence-electron chi connectivity index (χ3n) is 8.67. The molecular formula is C40H50FNO5. The molecule has 2 aliphatic carbocycles. The predicted octanol–water partition coefficient (Wildman–Crippen LogP) is 9.76. The van der Waals surface area contributed by atoms with Crippen LogP contribution in [0, 0.1) is 11.7 Å². The topological polar surface area (TPSA) is 73.9 Å². The third-order valence-corrected chi connectivity index (χ3v) is 8.67. The Hall–Kier alpha value is -3.87. The van der Waals surface area contributed by atoms with Gasteiger partial charge in [0.2, 0.25) is 0 Å². The molecule has 2 atom stereocenters. The Morgan fingerprint density at radius 3 is 2.34 bits per heavy atom. The molecule has 1 fully saturated rings. The smallest absolute Gasteiger partial charge is 0.408 e. The van der Waals surface area contributed by atoms with Gasteiger partial charge in [-0.3, -0.25) is 4.79 Å². The monoisotopic (exact) mass is 643 g/mol. The minimum Gasteiger partial charge on any atom is -0.485 e. The van der Waals surface area contributed by atoms with Crippen molar-refractivity contribution in [2.24, 2.45) is 5.92 Å². The van der Waals surface area contributed by atoms with Crippen molar-refractivity contribution in [3.63, 3.8) is 0 Å². The second-order valence-corrected chi connectivity index (χ2v) is 15.1. The fourth-order valence-electron chi connectivity index (χ4n) is 6.36. The van der Waals surface area contributed by atoms with Crippen molar-refractivity contribution < 1.29 is 28.2 Å². The molecule has 6 nitrogen and oxygen atoms in total. The molecule has 1 unspecified atom stereocenters. The van der Waals surface area contributed by atoms with Crippen molar-refractivity contribution in [3.05, 3.63) is 88.2 Å². The predicted molar refractivity (Wildman–Crippen MR) is 183 cm³/mol. The van der Waals surface area contributed by atoms with Crippen molar-refractivity contribution in [2.45, 2.75) is 123 Å². The zero-order valence-electron chi connectivity index (χ0n) is 29.0. The molecule has 3 aromatic rings. The number of alkyl carbamates (subject to hydrolysis) is 1. The number of benzene rings is 3. The average Bonchev–Trinajstić information content (AvgIpc) is 3.80. The molecule has 0 heterocycles. The van der Waals surface area contributed by atoms with Crippen LogP contribution >= 0.6 is 0 Å². The quantitative estimate of drug-likeness (QED) is 0.223. The molecule has 1 amide bonds. The standard InChI is InChI=1S/C40H50FNO5/c1-25(42-38(44)47-40(5,6)7)30-13-10-15-32(37(30)41)29-22-27(21-20-26-18-19-26)31-14-11-17-35(33(31)23-29)45-34-16-9-8-12-28(34)24-36(43)46-39(2,3)4/h8-10,12-13,15-16,22-23,25-26,35H,11,14,17-21,24H2,1-7H3,(H,42,44)/t25-,35?/m1/s1. The number of halogens is 1. The molecule has 252 valence electrons. The molecular weight excluding hydrogens is 593 g/mol. The van der Waals surface area contributed by atoms with E-state index in [-0.39, 0.29) is 24.3 Å². The van der Waals surface area contributed by atoms with Crippen molar-refractivity contribution in [3.8, 4) is 16.9 Å². The van der Waals surface area contributed by atoms with E-state index in [2.05, 4.69) is 17.4 Å². The van der Waals surface area contributed by atoms with Gasteiger partial charge in [0.1, 0.15) is 28.9 Å². The van der Waals surface area contributed by atoms with E-state index in [9.17, 15) is 9.59 Å². The Labute approximate surface area is 279 Å². The lowest BCUT2D eigenvalue weighted by Crippen LogP contribution is -2.34. The normalized spacial score (nSPS) is 17.0. The molecule has 1 N–H and O–H groups in total. The highest BCUT2D eigenvalue weighted by Crippen LogP contribution is 2.42. The Kier molecular flexibility index (Phi) is 10.3. The van der Waals surface area contributed by atoms with Crippen molar-refractivity contribution in [2.75, 3.05) is 0 Å². The summed E-state index contributed by atoms with van der Waals surface area (Å²) in [4.78, 5) is 25.2. The maximum Gasteiger partial charge on any atom is 0.408 e. The SMILES string of the molecule is C[C@@H](NC(=O)OC(C)(C)C)c1cccc(-c2cc(CCC3CC3)c3c(c2)C(Oc2ccccc2CC(=O)OC(C)(C)C)CCC3)c1F. The summed E-state index contributed by atoms with van der Waals surface area (Å²) in [6, 6.07) is 16.7. The van der Waals surface area contributed by atoms with Crippen molar-refractivity contribution in [1.82, 2.24) is 5.32 Å². The zero-order chi connectivity index (χ0) is 33.9. The molecule has 0 radical (unpaired) electrons. The highest BCUT2D eigenvalue weighted by Gasteiger charge is 2.29. The molecule has 5 rings (SSSR count). The van der Waals surface area contributed by atoms with E-state index in [0.717, 1.165) is 54.7 Å². The Morgan fingerprint density at radius 2 is 1.64 bits per heavy atom. The average molecular weight is 644 g/mol. The van der Waals surface area contributed by atoms with E-state index in [4.69, 9.17) is 14.2 Å². The minimum absolute atomic E-state index is 0.118. The molecule has 1 saturated carbocycles. The lowest BCUT2D eigenvalue weighted by molar-refractivity contribution is -0.153. The van der Waals surface area contributed by atoms with Gasteiger partial charge >= 0.3 is 12.1 Å². The number of rotatable bonds is 10. The number of carbonyl (C=O) groups is 2. The largest absolute Gasteiger partial charge is 0.485 e. The summed E-state index contributed by atoms with van der Waals surface area (Å²) >= 11 is 0. The number of hydrogen-bond donors (Lipinski definition) is 1. The molecule has 2 aliphatic rings. The number of esters is 1. The Bertz CT molecular complexity index is 1600. The highest BCUT2D eigenvalue weighted by molar-refractivity contribution is 5.74. The first-order valence-corrected chi connectivity index (χ1v) is 17.1. The van der Waals surface area contributed by atoms with Crippen LogP contribution in [0.2, 0.25) is 0 Å². The maximum absolute atomic E-state index is 16.4. The van der Waals surface area contributed by atoms with Gasteiger partial charge in [-0.1, -0.05) is 55.3 Å². The number of nitrogens with one attached hydrogen (secondary N) is 1. The van der Waals surface area contributed by atoms with E-state index in [1.54, 1.807) is 39.8 Å². The third kappa shape index (κ3) is 9.36. The summed E-state index contributed by atoms with van der Waals surface area (Å²) in [7, 11) is 0. The van der Waals surface area contributed by atoms with Crippen LogP contribution in [-0.2, 0) is 33.5 Å². The number of carbonyl (C=O) groups excluding carboxylic acids is 2. The van der Waals surface area contributed by atoms with Crippen LogP contribution in [0.15, 0.2) is 54.6 Å². The lowest BCUT2D eigenvalue weighted by Gasteiger charge is -2.30. The molecule has 0 bridgehead atoms. The van der Waals surface area contributed by atoms with E-state index < -0.39 is 23.3 Å². The second-order valence-electron chi connectivity index (χ2n) is 15.1. The highest BCUT2D eigenvalue weighted by atomic mass is 19.1. The lowest BCUT2D eigenvalue weighted by atomic mass is 9.82. The minimum atomic E-state index is -0.654. The molecule has 47 heavy (non-hydrogen) atoms. The zero-order valence-corrected chi connectivity index (χ0v) is 29.0. The van der Waals surface area contributed by atoms with Gasteiger partial charge in [0, 0.05) is 16.7 Å². The van der Waals surface area contributed by atoms with E-state index in [1.807, 2.05) is 51.1 Å².